The Labute approximate surface area is 209 Å². The zero-order chi connectivity index (χ0) is 24.8. The Morgan fingerprint density at radius 2 is 1.91 bits per heavy atom. The minimum Gasteiger partial charge on any atom is -0.497 e. The molecule has 2 aliphatic heterocycles. The van der Waals surface area contributed by atoms with Gasteiger partial charge in [-0.1, -0.05) is 61.2 Å². The quantitative estimate of drug-likeness (QED) is 0.517. The number of allylic oxidation sites excluding steroid dienone is 1. The SMILES string of the molecule is CCC1=C(C(=O)OC)[C@@H](c2cccc(OC)c2)N2C(CC(=O)NCCc3ccccc3)=CSC2=N1. The maximum atomic E-state index is 13.0. The molecule has 2 heterocycles. The molecule has 0 fully saturated rings. The number of methoxy groups -OCH3 is 2. The summed E-state index contributed by atoms with van der Waals surface area (Å²) in [6.45, 7) is 2.52. The van der Waals surface area contributed by atoms with Crippen molar-refractivity contribution in [3.05, 3.63) is 88.1 Å². The van der Waals surface area contributed by atoms with E-state index in [1.807, 2.05) is 71.8 Å². The van der Waals surface area contributed by atoms with E-state index in [-0.39, 0.29) is 12.3 Å². The fraction of sp³-hybridized carbons (Fsp3) is 0.296. The second kappa shape index (κ2) is 11.3. The third-order valence-corrected chi connectivity index (χ3v) is 6.85. The first kappa shape index (κ1) is 24.6. The van der Waals surface area contributed by atoms with Crippen molar-refractivity contribution in [3.8, 4) is 5.75 Å². The number of amidine groups is 1. The van der Waals surface area contributed by atoms with Crippen molar-refractivity contribution in [1.82, 2.24) is 10.2 Å². The summed E-state index contributed by atoms with van der Waals surface area (Å²) < 4.78 is 10.6. The number of hydrogen-bond donors (Lipinski definition) is 1. The number of carbonyl (C=O) groups excluding carboxylic acids is 2. The molecule has 1 N–H and O–H groups in total. The molecule has 7 nitrogen and oxygen atoms in total. The minimum absolute atomic E-state index is 0.0803. The molecular weight excluding hydrogens is 462 g/mol. The van der Waals surface area contributed by atoms with E-state index in [2.05, 4.69) is 5.32 Å². The van der Waals surface area contributed by atoms with Crippen LogP contribution in [0.3, 0.4) is 0 Å². The van der Waals surface area contributed by atoms with E-state index in [0.29, 0.717) is 30.0 Å². The highest BCUT2D eigenvalue weighted by Crippen LogP contribution is 2.45. The van der Waals surface area contributed by atoms with Crippen molar-refractivity contribution in [1.29, 1.82) is 0 Å². The van der Waals surface area contributed by atoms with Crippen molar-refractivity contribution in [2.24, 2.45) is 4.99 Å². The fourth-order valence-electron chi connectivity index (χ4n) is 4.26. The van der Waals surface area contributed by atoms with Crippen LogP contribution in [0.1, 0.15) is 36.9 Å². The second-order valence-electron chi connectivity index (χ2n) is 8.14. The summed E-state index contributed by atoms with van der Waals surface area (Å²) >= 11 is 1.46. The molecule has 1 amide bonds. The molecule has 35 heavy (non-hydrogen) atoms. The van der Waals surface area contributed by atoms with Crippen molar-refractivity contribution in [2.75, 3.05) is 20.8 Å². The first-order chi connectivity index (χ1) is 17.0. The zero-order valence-electron chi connectivity index (χ0n) is 20.1. The number of esters is 1. The Hall–Kier alpha value is -3.52. The standard InChI is InChI=1S/C27H29N3O4S/c1-4-22-24(26(32)34-3)25(19-11-8-12-21(15-19)33-2)30-20(17-35-27(30)29-22)16-23(31)28-14-13-18-9-6-5-7-10-18/h5-12,15,17,25H,4,13-14,16H2,1-3H3,(H,28,31)/t25-/m1/s1. The summed E-state index contributed by atoms with van der Waals surface area (Å²) in [7, 11) is 2.98. The normalized spacial score (nSPS) is 16.9. The summed E-state index contributed by atoms with van der Waals surface area (Å²) in [5.74, 6) is 0.175. The predicted octanol–water partition coefficient (Wildman–Crippen LogP) is 4.58. The van der Waals surface area contributed by atoms with Gasteiger partial charge in [-0.2, -0.15) is 0 Å². The molecule has 1 atom stereocenters. The highest BCUT2D eigenvalue weighted by atomic mass is 32.2. The van der Waals surface area contributed by atoms with E-state index in [1.165, 1.54) is 24.4 Å². The van der Waals surface area contributed by atoms with Crippen LogP contribution >= 0.6 is 11.8 Å². The molecule has 0 saturated carbocycles. The number of rotatable bonds is 9. The number of aliphatic imine (C=N–C) groups is 1. The van der Waals surface area contributed by atoms with Gasteiger partial charge in [0, 0.05) is 12.2 Å². The maximum absolute atomic E-state index is 13.0. The van der Waals surface area contributed by atoms with Gasteiger partial charge in [0.25, 0.3) is 0 Å². The smallest absolute Gasteiger partial charge is 0.338 e. The van der Waals surface area contributed by atoms with Gasteiger partial charge in [0.1, 0.15) is 5.75 Å². The number of nitrogens with zero attached hydrogens (tertiary/aromatic N) is 2. The van der Waals surface area contributed by atoms with E-state index in [0.717, 1.165) is 22.8 Å². The van der Waals surface area contributed by atoms with Crippen LogP contribution in [-0.4, -0.2) is 42.7 Å². The van der Waals surface area contributed by atoms with E-state index in [1.54, 1.807) is 7.11 Å². The van der Waals surface area contributed by atoms with Gasteiger partial charge in [-0.25, -0.2) is 9.79 Å². The third-order valence-electron chi connectivity index (χ3n) is 5.96. The van der Waals surface area contributed by atoms with Crippen molar-refractivity contribution in [3.63, 3.8) is 0 Å². The lowest BCUT2D eigenvalue weighted by Crippen LogP contribution is -2.38. The Kier molecular flexibility index (Phi) is 7.92. The highest BCUT2D eigenvalue weighted by Gasteiger charge is 2.41. The number of carbonyl (C=O) groups is 2. The molecule has 0 unspecified atom stereocenters. The van der Waals surface area contributed by atoms with Crippen molar-refractivity contribution < 1.29 is 19.1 Å². The Bertz CT molecular complexity index is 1190. The summed E-state index contributed by atoms with van der Waals surface area (Å²) in [6.07, 6.45) is 1.52. The Balaban J connectivity index is 1.59. The number of benzene rings is 2. The Morgan fingerprint density at radius 3 is 2.63 bits per heavy atom. The minimum atomic E-state index is -0.474. The maximum Gasteiger partial charge on any atom is 0.338 e. The second-order valence-corrected chi connectivity index (χ2v) is 8.97. The molecule has 0 bridgehead atoms. The Morgan fingerprint density at radius 1 is 1.11 bits per heavy atom. The van der Waals surface area contributed by atoms with Gasteiger partial charge < -0.3 is 19.7 Å². The number of nitrogens with one attached hydrogen (secondary N) is 1. The van der Waals surface area contributed by atoms with Crippen LogP contribution in [0, 0.1) is 0 Å². The van der Waals surface area contributed by atoms with E-state index in [4.69, 9.17) is 14.5 Å². The molecule has 0 radical (unpaired) electrons. The summed E-state index contributed by atoms with van der Waals surface area (Å²) in [5.41, 5.74) is 3.98. The summed E-state index contributed by atoms with van der Waals surface area (Å²) in [4.78, 5) is 32.5. The predicted molar refractivity (Wildman–Crippen MR) is 138 cm³/mol. The molecule has 0 spiro atoms. The lowest BCUT2D eigenvalue weighted by Gasteiger charge is -2.36. The van der Waals surface area contributed by atoms with Crippen LogP contribution in [0.15, 0.2) is 82.0 Å². The number of amides is 1. The summed E-state index contributed by atoms with van der Waals surface area (Å²) in [6, 6.07) is 17.2. The summed E-state index contributed by atoms with van der Waals surface area (Å²) in [5, 5.41) is 5.70. The molecule has 0 saturated heterocycles. The van der Waals surface area contributed by atoms with Gasteiger partial charge in [-0.15, -0.1) is 0 Å². The van der Waals surface area contributed by atoms with Crippen LogP contribution in [0.5, 0.6) is 5.75 Å². The molecule has 2 aliphatic rings. The number of ether oxygens (including phenoxy) is 2. The van der Waals surface area contributed by atoms with Crippen LogP contribution in [0.2, 0.25) is 0 Å². The van der Waals surface area contributed by atoms with Crippen LogP contribution < -0.4 is 10.1 Å². The first-order valence-electron chi connectivity index (χ1n) is 11.5. The van der Waals surface area contributed by atoms with Gasteiger partial charge in [0.15, 0.2) is 5.17 Å². The van der Waals surface area contributed by atoms with E-state index in [9.17, 15) is 9.59 Å². The monoisotopic (exact) mass is 491 g/mol. The van der Waals surface area contributed by atoms with Crippen LogP contribution in [-0.2, 0) is 20.7 Å². The molecule has 4 rings (SSSR count). The molecule has 8 heteroatoms. The number of fused-ring (bicyclic) bond motifs is 1. The van der Waals surface area contributed by atoms with E-state index >= 15 is 0 Å². The highest BCUT2D eigenvalue weighted by molar-refractivity contribution is 8.16. The van der Waals surface area contributed by atoms with Crippen molar-refractivity contribution in [2.45, 2.75) is 32.2 Å². The molecule has 0 aliphatic carbocycles. The molecule has 0 aromatic heterocycles. The first-order valence-corrected chi connectivity index (χ1v) is 12.4. The molecular formula is C27H29N3O4S. The van der Waals surface area contributed by atoms with Gasteiger partial charge in [-0.05, 0) is 41.5 Å². The van der Waals surface area contributed by atoms with Gasteiger partial charge in [-0.3, -0.25) is 4.79 Å². The zero-order valence-corrected chi connectivity index (χ0v) is 20.9. The van der Waals surface area contributed by atoms with Gasteiger partial charge in [0.2, 0.25) is 5.91 Å². The largest absolute Gasteiger partial charge is 0.497 e. The van der Waals surface area contributed by atoms with Crippen LogP contribution in [0.4, 0.5) is 0 Å². The fourth-order valence-corrected chi connectivity index (χ4v) is 5.19. The number of thioether (sulfide) groups is 1. The van der Waals surface area contributed by atoms with Crippen molar-refractivity contribution >= 4 is 28.8 Å². The van der Waals surface area contributed by atoms with Gasteiger partial charge in [0.05, 0.1) is 38.0 Å². The molecule has 182 valence electrons. The molecule has 2 aromatic rings. The average Bonchev–Trinajstić information content (AvgIpc) is 3.29. The topological polar surface area (TPSA) is 80.2 Å². The molecule has 2 aromatic carbocycles. The lowest BCUT2D eigenvalue weighted by atomic mass is 9.92. The van der Waals surface area contributed by atoms with Crippen LogP contribution in [0.25, 0.3) is 0 Å². The number of hydrogen-bond acceptors (Lipinski definition) is 7. The third kappa shape index (κ3) is 5.43. The lowest BCUT2D eigenvalue weighted by molar-refractivity contribution is -0.136. The van der Waals surface area contributed by atoms with Gasteiger partial charge >= 0.3 is 5.97 Å². The van der Waals surface area contributed by atoms with E-state index < -0.39 is 12.0 Å². The average molecular weight is 492 g/mol.